The third-order valence-electron chi connectivity index (χ3n) is 4.12. The second-order valence-electron chi connectivity index (χ2n) is 5.20. The Hall–Kier alpha value is -0.120. The van der Waals surface area contributed by atoms with Gasteiger partial charge in [-0.05, 0) is 51.2 Å². The fourth-order valence-corrected chi connectivity index (χ4v) is 3.28. The molecule has 2 unspecified atom stereocenters. The molecule has 2 heterocycles. The van der Waals surface area contributed by atoms with E-state index in [2.05, 4.69) is 10.2 Å². The normalized spacial score (nSPS) is 31.3. The zero-order valence-electron chi connectivity index (χ0n) is 10.6. The number of hydrogen-bond donors (Lipinski definition) is 1. The van der Waals surface area contributed by atoms with Gasteiger partial charge in [0.05, 0.1) is 6.61 Å². The van der Waals surface area contributed by atoms with Gasteiger partial charge in [-0.15, -0.1) is 0 Å². The van der Waals surface area contributed by atoms with Gasteiger partial charge in [-0.2, -0.15) is 0 Å². The highest BCUT2D eigenvalue weighted by atomic mass is 16.5. The van der Waals surface area contributed by atoms with E-state index in [0.717, 1.165) is 25.1 Å². The molecule has 2 aliphatic heterocycles. The standard InChI is InChI=1S/C13H26N2O/c1-16-10-7-14-11-12-5-4-9-15-8-3-2-6-13(12)15/h12-14H,2-11H2,1H3. The fraction of sp³-hybridized carbons (Fsp3) is 1.00. The summed E-state index contributed by atoms with van der Waals surface area (Å²) in [6.45, 7) is 5.71. The van der Waals surface area contributed by atoms with Crippen molar-refractivity contribution in [2.24, 2.45) is 5.92 Å². The van der Waals surface area contributed by atoms with Gasteiger partial charge in [0.25, 0.3) is 0 Å². The molecule has 0 aromatic carbocycles. The Bertz CT molecular complexity index is 196. The molecule has 0 aromatic rings. The van der Waals surface area contributed by atoms with Crippen molar-refractivity contribution in [2.45, 2.75) is 38.1 Å². The number of nitrogens with one attached hydrogen (secondary N) is 1. The molecule has 3 nitrogen and oxygen atoms in total. The maximum Gasteiger partial charge on any atom is 0.0587 e. The number of ether oxygens (including phenoxy) is 1. The number of nitrogens with zero attached hydrogens (tertiary/aromatic N) is 1. The molecule has 2 atom stereocenters. The van der Waals surface area contributed by atoms with E-state index in [1.807, 2.05) is 0 Å². The van der Waals surface area contributed by atoms with Crippen LogP contribution in [0.2, 0.25) is 0 Å². The zero-order chi connectivity index (χ0) is 11.2. The lowest BCUT2D eigenvalue weighted by Crippen LogP contribution is -2.50. The number of piperidine rings is 2. The largest absolute Gasteiger partial charge is 0.383 e. The van der Waals surface area contributed by atoms with E-state index in [-0.39, 0.29) is 0 Å². The Kier molecular flexibility index (Phi) is 5.07. The first-order valence-electron chi connectivity index (χ1n) is 6.85. The molecule has 0 radical (unpaired) electrons. The summed E-state index contributed by atoms with van der Waals surface area (Å²) in [6.07, 6.45) is 7.10. The van der Waals surface area contributed by atoms with Crippen LogP contribution in [0.1, 0.15) is 32.1 Å². The zero-order valence-corrected chi connectivity index (χ0v) is 10.6. The summed E-state index contributed by atoms with van der Waals surface area (Å²) in [7, 11) is 1.77. The second-order valence-corrected chi connectivity index (χ2v) is 5.20. The van der Waals surface area contributed by atoms with Gasteiger partial charge in [0.2, 0.25) is 0 Å². The van der Waals surface area contributed by atoms with Crippen molar-refractivity contribution in [1.29, 1.82) is 0 Å². The van der Waals surface area contributed by atoms with Crippen molar-refractivity contribution in [3.05, 3.63) is 0 Å². The topological polar surface area (TPSA) is 24.5 Å². The molecule has 3 heteroatoms. The average molecular weight is 226 g/mol. The molecule has 2 aliphatic rings. The predicted octanol–water partition coefficient (Wildman–Crippen LogP) is 1.49. The van der Waals surface area contributed by atoms with Crippen LogP contribution in [-0.2, 0) is 4.74 Å². The van der Waals surface area contributed by atoms with Crippen molar-refractivity contribution < 1.29 is 4.74 Å². The molecular formula is C13H26N2O. The lowest BCUT2D eigenvalue weighted by Gasteiger charge is -2.44. The summed E-state index contributed by atoms with van der Waals surface area (Å²) in [6, 6.07) is 0.873. The molecule has 0 bridgehead atoms. The highest BCUT2D eigenvalue weighted by molar-refractivity contribution is 4.87. The number of rotatable bonds is 5. The minimum Gasteiger partial charge on any atom is -0.383 e. The number of hydrogen-bond acceptors (Lipinski definition) is 3. The molecule has 2 rings (SSSR count). The lowest BCUT2D eigenvalue weighted by molar-refractivity contribution is 0.0586. The molecule has 2 fully saturated rings. The van der Waals surface area contributed by atoms with E-state index in [1.165, 1.54) is 51.7 Å². The van der Waals surface area contributed by atoms with Crippen LogP contribution in [-0.4, -0.2) is 50.8 Å². The molecule has 0 spiro atoms. The van der Waals surface area contributed by atoms with Crippen molar-refractivity contribution >= 4 is 0 Å². The van der Waals surface area contributed by atoms with Crippen molar-refractivity contribution in [3.8, 4) is 0 Å². The van der Waals surface area contributed by atoms with Crippen LogP contribution < -0.4 is 5.32 Å². The Morgan fingerprint density at radius 2 is 2.06 bits per heavy atom. The molecule has 0 aliphatic carbocycles. The minimum absolute atomic E-state index is 0.834. The van der Waals surface area contributed by atoms with Gasteiger partial charge in [-0.25, -0.2) is 0 Å². The third-order valence-corrected chi connectivity index (χ3v) is 4.12. The van der Waals surface area contributed by atoms with Crippen LogP contribution >= 0.6 is 0 Å². The van der Waals surface area contributed by atoms with E-state index in [4.69, 9.17) is 4.74 Å². The predicted molar refractivity (Wildman–Crippen MR) is 66.7 cm³/mol. The first-order valence-corrected chi connectivity index (χ1v) is 6.85. The molecule has 16 heavy (non-hydrogen) atoms. The van der Waals surface area contributed by atoms with Gasteiger partial charge in [0, 0.05) is 19.7 Å². The van der Waals surface area contributed by atoms with E-state index in [9.17, 15) is 0 Å². The quantitative estimate of drug-likeness (QED) is 0.719. The van der Waals surface area contributed by atoms with E-state index >= 15 is 0 Å². The molecule has 94 valence electrons. The summed E-state index contributed by atoms with van der Waals surface area (Å²) in [5, 5.41) is 3.54. The molecule has 0 amide bonds. The highest BCUT2D eigenvalue weighted by Gasteiger charge is 2.32. The fourth-order valence-electron chi connectivity index (χ4n) is 3.28. The van der Waals surface area contributed by atoms with E-state index in [0.29, 0.717) is 0 Å². The molecule has 1 N–H and O–H groups in total. The molecular weight excluding hydrogens is 200 g/mol. The second kappa shape index (κ2) is 6.58. The van der Waals surface area contributed by atoms with Gasteiger partial charge >= 0.3 is 0 Å². The van der Waals surface area contributed by atoms with Crippen LogP contribution in [0, 0.1) is 5.92 Å². The van der Waals surface area contributed by atoms with E-state index in [1.54, 1.807) is 7.11 Å². The number of methoxy groups -OCH3 is 1. The third kappa shape index (κ3) is 3.19. The maximum absolute atomic E-state index is 5.06. The average Bonchev–Trinajstić information content (AvgIpc) is 2.35. The van der Waals surface area contributed by atoms with Crippen molar-refractivity contribution in [2.75, 3.05) is 39.9 Å². The van der Waals surface area contributed by atoms with Crippen molar-refractivity contribution in [1.82, 2.24) is 10.2 Å². The number of fused-ring (bicyclic) bond motifs is 1. The van der Waals surface area contributed by atoms with Gasteiger partial charge in [-0.1, -0.05) is 6.42 Å². The van der Waals surface area contributed by atoms with Crippen LogP contribution in [0.4, 0.5) is 0 Å². The van der Waals surface area contributed by atoms with Gasteiger partial charge < -0.3 is 15.0 Å². The Labute approximate surface area is 99.5 Å². The molecule has 0 saturated carbocycles. The van der Waals surface area contributed by atoms with Crippen LogP contribution in [0.3, 0.4) is 0 Å². The molecule has 0 aromatic heterocycles. The molecule has 2 saturated heterocycles. The maximum atomic E-state index is 5.06. The minimum atomic E-state index is 0.834. The first-order chi connectivity index (χ1) is 7.92. The van der Waals surface area contributed by atoms with Gasteiger partial charge in [-0.3, -0.25) is 0 Å². The Morgan fingerprint density at radius 1 is 1.19 bits per heavy atom. The lowest BCUT2D eigenvalue weighted by atomic mass is 9.83. The Balaban J connectivity index is 1.74. The summed E-state index contributed by atoms with van der Waals surface area (Å²) >= 11 is 0. The monoisotopic (exact) mass is 226 g/mol. The summed E-state index contributed by atoms with van der Waals surface area (Å²) in [5.74, 6) is 0.880. The van der Waals surface area contributed by atoms with Crippen molar-refractivity contribution in [3.63, 3.8) is 0 Å². The van der Waals surface area contributed by atoms with Gasteiger partial charge in [0.15, 0.2) is 0 Å². The SMILES string of the molecule is COCCNCC1CCCN2CCCCC12. The van der Waals surface area contributed by atoms with E-state index < -0.39 is 0 Å². The smallest absolute Gasteiger partial charge is 0.0587 e. The van der Waals surface area contributed by atoms with Crippen LogP contribution in [0.25, 0.3) is 0 Å². The summed E-state index contributed by atoms with van der Waals surface area (Å²) in [5.41, 5.74) is 0. The van der Waals surface area contributed by atoms with Crippen LogP contribution in [0.15, 0.2) is 0 Å². The first kappa shape index (κ1) is 12.3. The van der Waals surface area contributed by atoms with Crippen LogP contribution in [0.5, 0.6) is 0 Å². The highest BCUT2D eigenvalue weighted by Crippen LogP contribution is 2.30. The van der Waals surface area contributed by atoms with Gasteiger partial charge in [0.1, 0.15) is 0 Å². The summed E-state index contributed by atoms with van der Waals surface area (Å²) in [4.78, 5) is 2.73. The summed E-state index contributed by atoms with van der Waals surface area (Å²) < 4.78 is 5.06. The Morgan fingerprint density at radius 3 is 2.94 bits per heavy atom.